The maximum atomic E-state index is 12.3. The van der Waals surface area contributed by atoms with Gasteiger partial charge in [0.05, 0.1) is 5.56 Å². The first-order valence-corrected chi connectivity index (χ1v) is 8.90. The van der Waals surface area contributed by atoms with Gasteiger partial charge in [-0.25, -0.2) is 9.78 Å². The highest BCUT2D eigenvalue weighted by Crippen LogP contribution is 2.29. The van der Waals surface area contributed by atoms with Crippen molar-refractivity contribution in [3.05, 3.63) is 53.7 Å². The Balaban J connectivity index is 2.00. The third-order valence-corrected chi connectivity index (χ3v) is 4.29. The van der Waals surface area contributed by atoms with E-state index in [2.05, 4.69) is 10.3 Å². The summed E-state index contributed by atoms with van der Waals surface area (Å²) < 4.78 is 5.12. The van der Waals surface area contributed by atoms with Gasteiger partial charge in [-0.2, -0.15) is 0 Å². The van der Waals surface area contributed by atoms with Crippen LogP contribution >= 0.6 is 11.8 Å². The number of nitrogens with zero attached hydrogens (tertiary/aromatic N) is 1. The minimum absolute atomic E-state index is 0.297. The van der Waals surface area contributed by atoms with E-state index in [1.54, 1.807) is 18.3 Å². The van der Waals surface area contributed by atoms with Crippen LogP contribution in [0.1, 0.15) is 29.8 Å². The maximum absolute atomic E-state index is 12.3. The van der Waals surface area contributed by atoms with Crippen LogP contribution in [0.5, 0.6) is 0 Å². The predicted octanol–water partition coefficient (Wildman–Crippen LogP) is 3.47. The Morgan fingerprint density at radius 1 is 1.20 bits per heavy atom. The zero-order valence-electron chi connectivity index (χ0n) is 14.6. The summed E-state index contributed by atoms with van der Waals surface area (Å²) in [5.41, 5.74) is 1.52. The summed E-state index contributed by atoms with van der Waals surface area (Å²) in [6, 6.07) is 11.3. The van der Waals surface area contributed by atoms with E-state index in [9.17, 15) is 9.59 Å². The molecule has 0 spiro atoms. The van der Waals surface area contributed by atoms with Crippen molar-refractivity contribution < 1.29 is 14.3 Å². The molecule has 0 atom stereocenters. The van der Waals surface area contributed by atoms with Crippen molar-refractivity contribution in [3.63, 3.8) is 0 Å². The first-order valence-electron chi connectivity index (χ1n) is 8.09. The quantitative estimate of drug-likeness (QED) is 0.768. The number of rotatable bonds is 7. The molecule has 1 aromatic carbocycles. The van der Waals surface area contributed by atoms with Gasteiger partial charge in [0.1, 0.15) is 5.03 Å². The molecule has 0 aliphatic rings. The van der Waals surface area contributed by atoms with Crippen LogP contribution in [0, 0.1) is 12.8 Å². The Morgan fingerprint density at radius 2 is 1.92 bits per heavy atom. The third-order valence-electron chi connectivity index (χ3n) is 3.27. The van der Waals surface area contributed by atoms with Crippen molar-refractivity contribution in [3.8, 4) is 0 Å². The number of benzene rings is 1. The summed E-state index contributed by atoms with van der Waals surface area (Å²) >= 11 is 1.39. The van der Waals surface area contributed by atoms with E-state index in [1.807, 2.05) is 45.0 Å². The molecule has 132 valence electrons. The van der Waals surface area contributed by atoms with Gasteiger partial charge < -0.3 is 10.1 Å². The lowest BCUT2D eigenvalue weighted by Gasteiger charge is -2.10. The number of aryl methyl sites for hydroxylation is 1. The molecule has 1 N–H and O–H groups in total. The van der Waals surface area contributed by atoms with Crippen LogP contribution in [0.3, 0.4) is 0 Å². The van der Waals surface area contributed by atoms with Gasteiger partial charge in [-0.3, -0.25) is 4.79 Å². The Kier molecular flexibility index (Phi) is 7.01. The first-order chi connectivity index (χ1) is 12.0. The van der Waals surface area contributed by atoms with Gasteiger partial charge in [0.15, 0.2) is 6.61 Å². The van der Waals surface area contributed by atoms with Gasteiger partial charge in [-0.15, -0.1) is 0 Å². The van der Waals surface area contributed by atoms with Crippen molar-refractivity contribution in [1.82, 2.24) is 10.3 Å². The molecule has 0 saturated carbocycles. The smallest absolute Gasteiger partial charge is 0.341 e. The second-order valence-corrected chi connectivity index (χ2v) is 7.11. The summed E-state index contributed by atoms with van der Waals surface area (Å²) in [6.07, 6.45) is 1.63. The predicted molar refractivity (Wildman–Crippen MR) is 97.7 cm³/mol. The number of hydrogen-bond acceptors (Lipinski definition) is 5. The van der Waals surface area contributed by atoms with Crippen LogP contribution in [0.15, 0.2) is 52.5 Å². The van der Waals surface area contributed by atoms with Crippen LogP contribution in [0.25, 0.3) is 0 Å². The van der Waals surface area contributed by atoms with Gasteiger partial charge in [-0.1, -0.05) is 43.3 Å². The van der Waals surface area contributed by atoms with E-state index in [0.717, 1.165) is 10.5 Å². The molecule has 1 aromatic heterocycles. The minimum atomic E-state index is -0.553. The van der Waals surface area contributed by atoms with Crippen molar-refractivity contribution in [2.75, 3.05) is 13.2 Å². The maximum Gasteiger partial charge on any atom is 0.341 e. The van der Waals surface area contributed by atoms with Crippen LogP contribution in [-0.2, 0) is 9.53 Å². The third kappa shape index (κ3) is 6.23. The van der Waals surface area contributed by atoms with Gasteiger partial charge in [0, 0.05) is 17.6 Å². The molecule has 5 nitrogen and oxygen atoms in total. The van der Waals surface area contributed by atoms with Crippen LogP contribution in [0.4, 0.5) is 0 Å². The fourth-order valence-electron chi connectivity index (χ4n) is 1.92. The molecular weight excluding hydrogens is 336 g/mol. The summed E-state index contributed by atoms with van der Waals surface area (Å²) in [7, 11) is 0. The number of hydrogen-bond donors (Lipinski definition) is 1. The first kappa shape index (κ1) is 19.0. The van der Waals surface area contributed by atoms with E-state index >= 15 is 0 Å². The van der Waals surface area contributed by atoms with Crippen molar-refractivity contribution in [2.45, 2.75) is 30.7 Å². The largest absolute Gasteiger partial charge is 0.452 e. The zero-order valence-corrected chi connectivity index (χ0v) is 15.4. The molecule has 0 radical (unpaired) electrons. The summed E-state index contributed by atoms with van der Waals surface area (Å²) in [4.78, 5) is 29.2. The van der Waals surface area contributed by atoms with Gasteiger partial charge >= 0.3 is 5.97 Å². The minimum Gasteiger partial charge on any atom is -0.452 e. The fourth-order valence-corrected chi connectivity index (χ4v) is 2.79. The number of nitrogens with one attached hydrogen (secondary N) is 1. The lowest BCUT2D eigenvalue weighted by atomic mass is 10.2. The molecule has 0 aliphatic carbocycles. The van der Waals surface area contributed by atoms with Crippen molar-refractivity contribution in [1.29, 1.82) is 0 Å². The molecule has 2 aromatic rings. The number of pyridine rings is 1. The van der Waals surface area contributed by atoms with E-state index in [1.165, 1.54) is 11.8 Å². The van der Waals surface area contributed by atoms with Crippen molar-refractivity contribution in [2.24, 2.45) is 5.92 Å². The highest BCUT2D eigenvalue weighted by atomic mass is 32.2. The van der Waals surface area contributed by atoms with Gasteiger partial charge in [0.2, 0.25) is 0 Å². The van der Waals surface area contributed by atoms with Gasteiger partial charge in [0.25, 0.3) is 5.91 Å². The normalized spacial score (nSPS) is 10.6. The van der Waals surface area contributed by atoms with E-state index in [-0.39, 0.29) is 12.5 Å². The monoisotopic (exact) mass is 358 g/mol. The number of ether oxygens (including phenoxy) is 1. The Hall–Kier alpha value is -2.34. The number of carbonyl (C=O) groups is 2. The van der Waals surface area contributed by atoms with E-state index < -0.39 is 5.97 Å². The molecule has 1 amide bonds. The molecule has 25 heavy (non-hydrogen) atoms. The standard InChI is InChI=1S/C19H22N2O3S/c1-13(2)11-21-17(22)12-24-19(23)16-5-4-10-20-18(16)25-15-8-6-14(3)7-9-15/h4-10,13H,11-12H2,1-3H3,(H,21,22). The second-order valence-electron chi connectivity index (χ2n) is 6.05. The van der Waals surface area contributed by atoms with Gasteiger partial charge in [-0.05, 0) is 37.1 Å². The second kappa shape index (κ2) is 9.22. The Bertz CT molecular complexity index is 730. The molecule has 0 fully saturated rings. The fraction of sp³-hybridized carbons (Fsp3) is 0.316. The molecule has 0 bridgehead atoms. The Labute approximate surface area is 152 Å². The Morgan fingerprint density at radius 3 is 2.60 bits per heavy atom. The molecule has 1 heterocycles. The average molecular weight is 358 g/mol. The zero-order chi connectivity index (χ0) is 18.2. The summed E-state index contributed by atoms with van der Waals surface area (Å²) in [5, 5.41) is 3.27. The number of amides is 1. The summed E-state index contributed by atoms with van der Waals surface area (Å²) in [6.45, 7) is 6.27. The van der Waals surface area contributed by atoms with Crippen molar-refractivity contribution >= 4 is 23.6 Å². The molecule has 0 saturated heterocycles. The van der Waals surface area contributed by atoms with Crippen LogP contribution < -0.4 is 5.32 Å². The lowest BCUT2D eigenvalue weighted by molar-refractivity contribution is -0.124. The molecule has 0 unspecified atom stereocenters. The van der Waals surface area contributed by atoms with E-state index in [0.29, 0.717) is 23.1 Å². The highest BCUT2D eigenvalue weighted by molar-refractivity contribution is 7.99. The molecule has 6 heteroatoms. The molecule has 2 rings (SSSR count). The van der Waals surface area contributed by atoms with Crippen LogP contribution in [-0.4, -0.2) is 30.0 Å². The number of aromatic nitrogens is 1. The van der Waals surface area contributed by atoms with Crippen LogP contribution in [0.2, 0.25) is 0 Å². The number of esters is 1. The SMILES string of the molecule is Cc1ccc(Sc2ncccc2C(=O)OCC(=O)NCC(C)C)cc1. The lowest BCUT2D eigenvalue weighted by Crippen LogP contribution is -2.31. The van der Waals surface area contributed by atoms with E-state index in [4.69, 9.17) is 4.74 Å². The molecular formula is C19H22N2O3S. The average Bonchev–Trinajstić information content (AvgIpc) is 2.60. The topological polar surface area (TPSA) is 68.3 Å². The number of carbonyl (C=O) groups excluding carboxylic acids is 2. The summed E-state index contributed by atoms with van der Waals surface area (Å²) in [5.74, 6) is -0.517. The highest BCUT2D eigenvalue weighted by Gasteiger charge is 2.16. The molecule has 0 aliphatic heterocycles.